The number of hydrogen-bond acceptors (Lipinski definition) is 4. The van der Waals surface area contributed by atoms with E-state index < -0.39 is 5.91 Å². The highest BCUT2D eigenvalue weighted by molar-refractivity contribution is 8.00. The highest BCUT2D eigenvalue weighted by Gasteiger charge is 2.17. The summed E-state index contributed by atoms with van der Waals surface area (Å²) >= 11 is 1.18. The SMILES string of the molecule is Cc1cc(C(C)(C)C)cc(C)c1CCNC(=O)c1cccnc1SCC(N)=O. The second kappa shape index (κ2) is 9.24. The molecule has 5 nitrogen and oxygen atoms in total. The molecule has 150 valence electrons. The summed E-state index contributed by atoms with van der Waals surface area (Å²) in [4.78, 5) is 27.8. The van der Waals surface area contributed by atoms with E-state index in [-0.39, 0.29) is 17.1 Å². The number of thioether (sulfide) groups is 1. The van der Waals surface area contributed by atoms with Crippen molar-refractivity contribution in [1.82, 2.24) is 10.3 Å². The first-order chi connectivity index (χ1) is 13.1. The Bertz CT molecular complexity index is 849. The van der Waals surface area contributed by atoms with Crippen LogP contribution in [-0.4, -0.2) is 29.1 Å². The maximum absolute atomic E-state index is 12.6. The van der Waals surface area contributed by atoms with Gasteiger partial charge >= 0.3 is 0 Å². The van der Waals surface area contributed by atoms with E-state index in [1.54, 1.807) is 18.3 Å². The number of nitrogens with one attached hydrogen (secondary N) is 1. The lowest BCUT2D eigenvalue weighted by Crippen LogP contribution is -2.27. The van der Waals surface area contributed by atoms with Crippen LogP contribution in [-0.2, 0) is 16.6 Å². The van der Waals surface area contributed by atoms with E-state index in [1.165, 1.54) is 34.0 Å². The third kappa shape index (κ3) is 5.83. The summed E-state index contributed by atoms with van der Waals surface area (Å²) in [5.41, 5.74) is 10.8. The van der Waals surface area contributed by atoms with E-state index in [1.807, 2.05) is 0 Å². The van der Waals surface area contributed by atoms with Crippen molar-refractivity contribution in [1.29, 1.82) is 0 Å². The molecule has 0 atom stereocenters. The van der Waals surface area contributed by atoms with Crippen LogP contribution in [0.4, 0.5) is 0 Å². The average molecular weight is 400 g/mol. The lowest BCUT2D eigenvalue weighted by molar-refractivity contribution is -0.115. The summed E-state index contributed by atoms with van der Waals surface area (Å²) in [5, 5.41) is 3.48. The highest BCUT2D eigenvalue weighted by atomic mass is 32.2. The minimum absolute atomic E-state index is 0.0931. The first-order valence-electron chi connectivity index (χ1n) is 9.34. The van der Waals surface area contributed by atoms with E-state index in [0.717, 1.165) is 6.42 Å². The summed E-state index contributed by atoms with van der Waals surface area (Å²) in [7, 11) is 0. The number of rotatable bonds is 7. The summed E-state index contributed by atoms with van der Waals surface area (Å²) in [6, 6.07) is 7.90. The highest BCUT2D eigenvalue weighted by Crippen LogP contribution is 2.27. The predicted molar refractivity (Wildman–Crippen MR) is 115 cm³/mol. The molecule has 0 bridgehead atoms. The van der Waals surface area contributed by atoms with Gasteiger partial charge in [-0.2, -0.15) is 0 Å². The molecule has 2 amide bonds. The molecule has 1 aromatic heterocycles. The largest absolute Gasteiger partial charge is 0.369 e. The van der Waals surface area contributed by atoms with E-state index in [4.69, 9.17) is 5.73 Å². The Balaban J connectivity index is 2.04. The van der Waals surface area contributed by atoms with Gasteiger partial charge in [0.25, 0.3) is 5.91 Å². The Labute approximate surface area is 171 Å². The standard InChI is InChI=1S/C22H29N3O2S/c1-14-11-16(22(3,4)5)12-15(2)17(14)8-10-24-20(27)18-7-6-9-25-21(18)28-13-19(23)26/h6-7,9,11-12H,8,10,13H2,1-5H3,(H2,23,26)(H,24,27). The quantitative estimate of drug-likeness (QED) is 0.697. The van der Waals surface area contributed by atoms with Crippen LogP contribution in [0.1, 0.15) is 53.4 Å². The molecule has 0 radical (unpaired) electrons. The zero-order chi connectivity index (χ0) is 20.9. The topological polar surface area (TPSA) is 85.1 Å². The first-order valence-corrected chi connectivity index (χ1v) is 10.3. The van der Waals surface area contributed by atoms with Gasteiger partial charge in [0.15, 0.2) is 0 Å². The van der Waals surface area contributed by atoms with Crippen LogP contribution in [0.15, 0.2) is 35.5 Å². The zero-order valence-electron chi connectivity index (χ0n) is 17.3. The maximum atomic E-state index is 12.6. The Morgan fingerprint density at radius 1 is 1.18 bits per heavy atom. The lowest BCUT2D eigenvalue weighted by Gasteiger charge is -2.22. The van der Waals surface area contributed by atoms with Gasteiger partial charge in [0.1, 0.15) is 5.03 Å². The number of nitrogens with two attached hydrogens (primary N) is 1. The van der Waals surface area contributed by atoms with Crippen molar-refractivity contribution in [3.8, 4) is 0 Å². The number of aromatic nitrogens is 1. The van der Waals surface area contributed by atoms with E-state index >= 15 is 0 Å². The normalized spacial score (nSPS) is 11.3. The van der Waals surface area contributed by atoms with Crippen molar-refractivity contribution in [3.05, 3.63) is 58.3 Å². The van der Waals surface area contributed by atoms with Crippen molar-refractivity contribution < 1.29 is 9.59 Å². The van der Waals surface area contributed by atoms with Gasteiger partial charge in [0.2, 0.25) is 5.91 Å². The van der Waals surface area contributed by atoms with Crippen molar-refractivity contribution in [2.45, 2.75) is 51.5 Å². The lowest BCUT2D eigenvalue weighted by atomic mass is 9.83. The summed E-state index contributed by atoms with van der Waals surface area (Å²) in [6.07, 6.45) is 2.36. The molecule has 2 rings (SSSR count). The van der Waals surface area contributed by atoms with Gasteiger partial charge < -0.3 is 11.1 Å². The Kier molecular flexibility index (Phi) is 7.24. The predicted octanol–water partition coefficient (Wildman–Crippen LogP) is 3.55. The second-order valence-electron chi connectivity index (χ2n) is 7.96. The first kappa shape index (κ1) is 22.0. The van der Waals surface area contributed by atoms with Crippen LogP contribution in [0.3, 0.4) is 0 Å². The van der Waals surface area contributed by atoms with Gasteiger partial charge in [-0.05, 0) is 60.1 Å². The molecule has 0 aliphatic rings. The molecule has 0 saturated carbocycles. The van der Waals surface area contributed by atoms with Crippen LogP contribution in [0.25, 0.3) is 0 Å². The number of nitrogens with zero attached hydrogens (tertiary/aromatic N) is 1. The van der Waals surface area contributed by atoms with E-state index in [0.29, 0.717) is 17.1 Å². The van der Waals surface area contributed by atoms with E-state index in [2.05, 4.69) is 57.1 Å². The average Bonchev–Trinajstić information content (AvgIpc) is 2.61. The molecule has 0 spiro atoms. The summed E-state index contributed by atoms with van der Waals surface area (Å²) < 4.78 is 0. The number of primary amides is 1. The van der Waals surface area contributed by atoms with Crippen molar-refractivity contribution in [3.63, 3.8) is 0 Å². The number of aryl methyl sites for hydroxylation is 2. The maximum Gasteiger partial charge on any atom is 0.254 e. The molecule has 1 aromatic carbocycles. The number of benzene rings is 1. The fourth-order valence-corrected chi connectivity index (χ4v) is 3.77. The van der Waals surface area contributed by atoms with Crippen molar-refractivity contribution in [2.24, 2.45) is 5.73 Å². The van der Waals surface area contributed by atoms with Gasteiger partial charge in [0.05, 0.1) is 11.3 Å². The van der Waals surface area contributed by atoms with Crippen LogP contribution in [0, 0.1) is 13.8 Å². The number of amides is 2. The molecule has 0 fully saturated rings. The third-order valence-corrected chi connectivity index (χ3v) is 5.62. The smallest absolute Gasteiger partial charge is 0.254 e. The van der Waals surface area contributed by atoms with Crippen LogP contribution >= 0.6 is 11.8 Å². The molecule has 0 aliphatic carbocycles. The molecule has 6 heteroatoms. The van der Waals surface area contributed by atoms with Crippen molar-refractivity contribution >= 4 is 23.6 Å². The van der Waals surface area contributed by atoms with Gasteiger partial charge in [-0.15, -0.1) is 0 Å². The number of carbonyl (C=O) groups excluding carboxylic acids is 2. The minimum Gasteiger partial charge on any atom is -0.369 e. The fraction of sp³-hybridized carbons (Fsp3) is 0.409. The Hall–Kier alpha value is -2.34. The van der Waals surface area contributed by atoms with Gasteiger partial charge in [-0.3, -0.25) is 9.59 Å². The van der Waals surface area contributed by atoms with E-state index in [9.17, 15) is 9.59 Å². The van der Waals surface area contributed by atoms with Gasteiger partial charge in [-0.25, -0.2) is 4.98 Å². The molecule has 0 unspecified atom stereocenters. The number of carbonyl (C=O) groups is 2. The molecular weight excluding hydrogens is 370 g/mol. The van der Waals surface area contributed by atoms with Crippen molar-refractivity contribution in [2.75, 3.05) is 12.3 Å². The second-order valence-corrected chi connectivity index (χ2v) is 8.92. The zero-order valence-corrected chi connectivity index (χ0v) is 18.1. The molecule has 3 N–H and O–H groups in total. The number of hydrogen-bond donors (Lipinski definition) is 2. The molecule has 0 saturated heterocycles. The van der Waals surface area contributed by atoms with Gasteiger partial charge in [-0.1, -0.05) is 44.7 Å². The molecular formula is C22H29N3O2S. The molecule has 1 heterocycles. The minimum atomic E-state index is -0.438. The van der Waals surface area contributed by atoms with Gasteiger partial charge in [0, 0.05) is 12.7 Å². The third-order valence-electron chi connectivity index (χ3n) is 4.59. The number of pyridine rings is 1. The monoisotopic (exact) mass is 399 g/mol. The van der Waals surface area contributed by atoms with Crippen LogP contribution in [0.5, 0.6) is 0 Å². The summed E-state index contributed by atoms with van der Waals surface area (Å²) in [5.74, 6) is -0.538. The fourth-order valence-electron chi connectivity index (χ4n) is 3.04. The Morgan fingerprint density at radius 2 is 1.82 bits per heavy atom. The summed E-state index contributed by atoms with van der Waals surface area (Å²) in [6.45, 7) is 11.4. The molecule has 0 aliphatic heterocycles. The molecule has 28 heavy (non-hydrogen) atoms. The van der Waals surface area contributed by atoms with Crippen LogP contribution in [0.2, 0.25) is 0 Å². The Morgan fingerprint density at radius 3 is 2.39 bits per heavy atom. The molecule has 2 aromatic rings. The van der Waals surface area contributed by atoms with Crippen LogP contribution < -0.4 is 11.1 Å².